The van der Waals surface area contributed by atoms with Crippen molar-refractivity contribution < 1.29 is 13.2 Å². The van der Waals surface area contributed by atoms with Gasteiger partial charge >= 0.3 is 6.03 Å². The summed E-state index contributed by atoms with van der Waals surface area (Å²) < 4.78 is 22.5. The average Bonchev–Trinajstić information content (AvgIpc) is 2.75. The molecule has 0 saturated carbocycles. The van der Waals surface area contributed by atoms with Gasteiger partial charge < -0.3 is 10.6 Å². The summed E-state index contributed by atoms with van der Waals surface area (Å²) in [4.78, 5) is 13.9. The number of amides is 2. The lowest BCUT2D eigenvalue weighted by Crippen LogP contribution is -2.39. The normalized spacial score (nSPS) is 13.0. The van der Waals surface area contributed by atoms with E-state index in [1.807, 2.05) is 26.0 Å². The van der Waals surface area contributed by atoms with E-state index in [1.54, 1.807) is 18.3 Å². The van der Waals surface area contributed by atoms with Crippen LogP contribution >= 0.6 is 11.3 Å². The summed E-state index contributed by atoms with van der Waals surface area (Å²) in [6.45, 7) is 5.64. The van der Waals surface area contributed by atoms with Crippen LogP contribution in [-0.2, 0) is 9.84 Å². The van der Waals surface area contributed by atoms with Crippen molar-refractivity contribution in [3.05, 3.63) is 21.9 Å². The fourth-order valence-corrected chi connectivity index (χ4v) is 3.05. The van der Waals surface area contributed by atoms with Gasteiger partial charge in [0.2, 0.25) is 0 Å². The minimum Gasteiger partial charge on any atom is -0.337 e. The van der Waals surface area contributed by atoms with Crippen LogP contribution < -0.4 is 10.6 Å². The maximum Gasteiger partial charge on any atom is 0.315 e. The second-order valence-corrected chi connectivity index (χ2v) is 8.10. The number of rotatable bonds is 6. The Hall–Kier alpha value is -1.08. The third-order valence-corrected chi connectivity index (χ3v) is 5.56. The van der Waals surface area contributed by atoms with Gasteiger partial charge in [-0.1, -0.05) is 6.92 Å². The lowest BCUT2D eigenvalue weighted by atomic mass is 10.3. The summed E-state index contributed by atoms with van der Waals surface area (Å²) in [6, 6.07) is 3.56. The van der Waals surface area contributed by atoms with Crippen LogP contribution in [0.1, 0.15) is 29.6 Å². The van der Waals surface area contributed by atoms with Crippen LogP contribution in [0, 0.1) is 6.92 Å². The molecular formula is C12H20N2O3S2. The summed E-state index contributed by atoms with van der Waals surface area (Å²) in [5.41, 5.74) is 0. The van der Waals surface area contributed by atoms with Crippen LogP contribution in [-0.4, -0.2) is 32.5 Å². The van der Waals surface area contributed by atoms with Gasteiger partial charge in [0, 0.05) is 22.1 Å². The zero-order chi connectivity index (χ0) is 14.5. The van der Waals surface area contributed by atoms with Crippen molar-refractivity contribution in [3.8, 4) is 0 Å². The molecule has 2 amide bonds. The molecule has 0 spiro atoms. The number of aryl methyl sites for hydroxylation is 1. The Morgan fingerprint density at radius 2 is 2.11 bits per heavy atom. The quantitative estimate of drug-likeness (QED) is 0.842. The predicted octanol–water partition coefficient (Wildman–Crippen LogP) is 1.85. The third-order valence-electron chi connectivity index (χ3n) is 2.67. The van der Waals surface area contributed by atoms with E-state index in [2.05, 4.69) is 10.6 Å². The molecule has 0 bridgehead atoms. The number of hydrogen-bond donors (Lipinski definition) is 2. The highest BCUT2D eigenvalue weighted by Gasteiger charge is 2.12. The fourth-order valence-electron chi connectivity index (χ4n) is 1.47. The third kappa shape index (κ3) is 5.61. The lowest BCUT2D eigenvalue weighted by Gasteiger charge is -2.13. The Bertz CT molecular complexity index is 523. The van der Waals surface area contributed by atoms with Crippen molar-refractivity contribution >= 4 is 27.2 Å². The van der Waals surface area contributed by atoms with Crippen LogP contribution in [0.3, 0.4) is 0 Å². The Morgan fingerprint density at radius 3 is 2.63 bits per heavy atom. The minimum absolute atomic E-state index is 0.0244. The van der Waals surface area contributed by atoms with Crippen molar-refractivity contribution in [1.82, 2.24) is 10.6 Å². The molecule has 1 rings (SSSR count). The van der Waals surface area contributed by atoms with Gasteiger partial charge in [-0.05, 0) is 26.0 Å². The van der Waals surface area contributed by atoms with Crippen molar-refractivity contribution in [3.63, 3.8) is 0 Å². The summed E-state index contributed by atoms with van der Waals surface area (Å²) >= 11 is 1.63. The first-order chi connectivity index (χ1) is 8.84. The van der Waals surface area contributed by atoms with E-state index < -0.39 is 9.84 Å². The molecule has 0 aliphatic carbocycles. The lowest BCUT2D eigenvalue weighted by molar-refractivity contribution is 0.238. The van der Waals surface area contributed by atoms with Crippen LogP contribution in [0.5, 0.6) is 0 Å². The van der Waals surface area contributed by atoms with Crippen LogP contribution in [0.15, 0.2) is 12.1 Å². The van der Waals surface area contributed by atoms with Gasteiger partial charge in [0.25, 0.3) is 0 Å². The maximum absolute atomic E-state index is 11.6. The SMILES string of the molecule is CCS(=O)(=O)CCNC(=O)N[C@H](C)c1ccc(C)s1. The molecular weight excluding hydrogens is 284 g/mol. The molecule has 2 N–H and O–H groups in total. The second-order valence-electron chi connectivity index (χ2n) is 4.31. The van der Waals surface area contributed by atoms with Gasteiger partial charge in [0.1, 0.15) is 0 Å². The molecule has 1 atom stereocenters. The molecule has 0 aliphatic heterocycles. The molecule has 7 heteroatoms. The van der Waals surface area contributed by atoms with Crippen molar-refractivity contribution in [2.75, 3.05) is 18.1 Å². The largest absolute Gasteiger partial charge is 0.337 e. The molecule has 0 fully saturated rings. The van der Waals surface area contributed by atoms with Crippen molar-refractivity contribution in [2.45, 2.75) is 26.8 Å². The Balaban J connectivity index is 2.35. The second kappa shape index (κ2) is 6.91. The van der Waals surface area contributed by atoms with E-state index in [1.165, 1.54) is 4.88 Å². The van der Waals surface area contributed by atoms with E-state index in [9.17, 15) is 13.2 Å². The van der Waals surface area contributed by atoms with Crippen molar-refractivity contribution in [2.24, 2.45) is 0 Å². The van der Waals surface area contributed by atoms with Crippen LogP contribution in [0.25, 0.3) is 0 Å². The highest BCUT2D eigenvalue weighted by Crippen LogP contribution is 2.21. The average molecular weight is 304 g/mol. The Morgan fingerprint density at radius 1 is 1.42 bits per heavy atom. The van der Waals surface area contributed by atoms with Crippen LogP contribution in [0.2, 0.25) is 0 Å². The number of sulfone groups is 1. The number of thiophene rings is 1. The van der Waals surface area contributed by atoms with E-state index in [0.29, 0.717) is 0 Å². The topological polar surface area (TPSA) is 75.3 Å². The molecule has 1 aromatic heterocycles. The predicted molar refractivity (Wildman–Crippen MR) is 78.3 cm³/mol. The molecule has 0 saturated heterocycles. The van der Waals surface area contributed by atoms with E-state index >= 15 is 0 Å². The van der Waals surface area contributed by atoms with Gasteiger partial charge in [-0.15, -0.1) is 11.3 Å². The molecule has 0 unspecified atom stereocenters. The van der Waals surface area contributed by atoms with E-state index in [4.69, 9.17) is 0 Å². The summed E-state index contributed by atoms with van der Waals surface area (Å²) in [5, 5.41) is 5.34. The van der Waals surface area contributed by atoms with Gasteiger partial charge in [0.15, 0.2) is 9.84 Å². The van der Waals surface area contributed by atoms with Crippen molar-refractivity contribution in [1.29, 1.82) is 0 Å². The first-order valence-corrected chi connectivity index (χ1v) is 8.79. The zero-order valence-electron chi connectivity index (χ0n) is 11.4. The van der Waals surface area contributed by atoms with Gasteiger partial charge in [0.05, 0.1) is 11.8 Å². The summed E-state index contributed by atoms with van der Waals surface area (Å²) in [5.74, 6) is 0.0740. The molecule has 19 heavy (non-hydrogen) atoms. The maximum atomic E-state index is 11.6. The van der Waals surface area contributed by atoms with Gasteiger partial charge in [-0.25, -0.2) is 13.2 Å². The first-order valence-electron chi connectivity index (χ1n) is 6.15. The highest BCUT2D eigenvalue weighted by atomic mass is 32.2. The molecule has 0 aliphatic rings. The number of carbonyl (C=O) groups is 1. The van der Waals surface area contributed by atoms with Gasteiger partial charge in [-0.2, -0.15) is 0 Å². The number of urea groups is 1. The molecule has 0 radical (unpaired) electrons. The molecule has 1 aromatic rings. The monoisotopic (exact) mass is 304 g/mol. The zero-order valence-corrected chi connectivity index (χ0v) is 13.0. The first kappa shape index (κ1) is 16.0. The summed E-state index contributed by atoms with van der Waals surface area (Å²) in [7, 11) is -3.03. The number of nitrogens with one attached hydrogen (secondary N) is 2. The van der Waals surface area contributed by atoms with Gasteiger partial charge in [-0.3, -0.25) is 0 Å². The minimum atomic E-state index is -3.03. The Labute approximate surface area is 118 Å². The fraction of sp³-hybridized carbons (Fsp3) is 0.583. The molecule has 0 aromatic carbocycles. The highest BCUT2D eigenvalue weighted by molar-refractivity contribution is 7.91. The van der Waals surface area contributed by atoms with Crippen LogP contribution in [0.4, 0.5) is 4.79 Å². The molecule has 1 heterocycles. The molecule has 5 nitrogen and oxygen atoms in total. The van der Waals surface area contributed by atoms with E-state index in [-0.39, 0.29) is 30.1 Å². The summed E-state index contributed by atoms with van der Waals surface area (Å²) in [6.07, 6.45) is 0. The number of carbonyl (C=O) groups excluding carboxylic acids is 1. The number of hydrogen-bond acceptors (Lipinski definition) is 4. The standard InChI is InChI=1S/C12H20N2O3S2/c1-4-19(16,17)8-7-13-12(15)14-10(3)11-6-5-9(2)18-11/h5-6,10H,4,7-8H2,1-3H3,(H2,13,14,15)/t10-/m1/s1. The Kier molecular flexibility index (Phi) is 5.81. The van der Waals surface area contributed by atoms with E-state index in [0.717, 1.165) is 4.88 Å². The molecule has 108 valence electrons. The smallest absolute Gasteiger partial charge is 0.315 e.